The van der Waals surface area contributed by atoms with Gasteiger partial charge in [0.1, 0.15) is 5.75 Å². The summed E-state index contributed by atoms with van der Waals surface area (Å²) in [6.45, 7) is 6.60. The zero-order chi connectivity index (χ0) is 22.1. The number of nitrogens with zero attached hydrogens (tertiary/aromatic N) is 2. The molecule has 1 aromatic carbocycles. The molecule has 0 aromatic heterocycles. The lowest BCUT2D eigenvalue weighted by Gasteiger charge is -2.44. The number of rotatable bonds is 9. The Morgan fingerprint density at radius 1 is 1.16 bits per heavy atom. The van der Waals surface area contributed by atoms with Gasteiger partial charge in [0.15, 0.2) is 0 Å². The number of carbonyl (C=O) groups is 1. The Balaban J connectivity index is 1.29. The smallest absolute Gasteiger partial charge is 0.243 e. The lowest BCUT2D eigenvalue weighted by molar-refractivity contribution is -0.116. The highest BCUT2D eigenvalue weighted by atomic mass is 16.5. The monoisotopic (exact) mass is 427 g/mol. The number of benzene rings is 1. The van der Waals surface area contributed by atoms with Gasteiger partial charge in [0.25, 0.3) is 0 Å². The maximum absolute atomic E-state index is 12.0. The second kappa shape index (κ2) is 12.3. The van der Waals surface area contributed by atoms with Gasteiger partial charge in [0.2, 0.25) is 5.91 Å². The fraction of sp³-hybridized carbons (Fsp3) is 0.654. The number of piperidine rings is 1. The maximum Gasteiger partial charge on any atom is 0.243 e. The minimum atomic E-state index is -0.0299. The van der Waals surface area contributed by atoms with E-state index >= 15 is 0 Å². The number of hydrogen-bond acceptors (Lipinski definition) is 4. The van der Waals surface area contributed by atoms with Crippen LogP contribution in [0.3, 0.4) is 0 Å². The largest absolute Gasteiger partial charge is 0.497 e. The van der Waals surface area contributed by atoms with Crippen LogP contribution in [0.25, 0.3) is 6.08 Å². The van der Waals surface area contributed by atoms with Crippen LogP contribution in [0.4, 0.5) is 0 Å². The fourth-order valence-electron chi connectivity index (χ4n) is 5.18. The van der Waals surface area contributed by atoms with Gasteiger partial charge in [0.05, 0.1) is 7.11 Å². The van der Waals surface area contributed by atoms with Crippen molar-refractivity contribution in [2.75, 3.05) is 40.3 Å². The molecule has 1 aromatic rings. The van der Waals surface area contributed by atoms with E-state index in [2.05, 4.69) is 29.1 Å². The van der Waals surface area contributed by atoms with E-state index in [1.165, 1.54) is 51.6 Å². The summed E-state index contributed by atoms with van der Waals surface area (Å²) in [5.74, 6) is 1.64. The molecule has 5 heteroatoms. The first-order chi connectivity index (χ1) is 15.1. The summed E-state index contributed by atoms with van der Waals surface area (Å²) in [5, 5.41) is 3.00. The quantitative estimate of drug-likeness (QED) is 0.474. The topological polar surface area (TPSA) is 44.8 Å². The van der Waals surface area contributed by atoms with Crippen LogP contribution >= 0.6 is 0 Å². The minimum Gasteiger partial charge on any atom is -0.497 e. The highest BCUT2D eigenvalue weighted by molar-refractivity contribution is 5.91. The van der Waals surface area contributed by atoms with Crippen molar-refractivity contribution in [1.29, 1.82) is 0 Å². The van der Waals surface area contributed by atoms with Gasteiger partial charge in [-0.3, -0.25) is 4.79 Å². The Morgan fingerprint density at radius 2 is 1.87 bits per heavy atom. The van der Waals surface area contributed by atoms with Crippen LogP contribution in [-0.4, -0.2) is 68.1 Å². The summed E-state index contributed by atoms with van der Waals surface area (Å²) in [7, 11) is 4.01. The van der Waals surface area contributed by atoms with Gasteiger partial charge in [-0.05, 0) is 88.5 Å². The first-order valence-corrected chi connectivity index (χ1v) is 12.1. The van der Waals surface area contributed by atoms with Crippen molar-refractivity contribution in [1.82, 2.24) is 15.1 Å². The third-order valence-electron chi connectivity index (χ3n) is 7.22. The Morgan fingerprint density at radius 3 is 2.55 bits per heavy atom. The summed E-state index contributed by atoms with van der Waals surface area (Å²) >= 11 is 0. The molecule has 0 bridgehead atoms. The van der Waals surface area contributed by atoms with E-state index in [0.29, 0.717) is 0 Å². The Labute approximate surface area is 188 Å². The lowest BCUT2D eigenvalue weighted by Crippen LogP contribution is -2.50. The second-order valence-electron chi connectivity index (χ2n) is 9.32. The number of carbonyl (C=O) groups excluding carboxylic acids is 1. The molecule has 0 spiro atoms. The van der Waals surface area contributed by atoms with Crippen LogP contribution in [0.15, 0.2) is 30.3 Å². The van der Waals surface area contributed by atoms with Crippen LogP contribution in [0.1, 0.15) is 57.4 Å². The molecule has 2 fully saturated rings. The summed E-state index contributed by atoms with van der Waals surface area (Å²) < 4.78 is 5.15. The third-order valence-corrected chi connectivity index (χ3v) is 7.22. The van der Waals surface area contributed by atoms with Gasteiger partial charge < -0.3 is 19.9 Å². The number of hydrogen-bond donors (Lipinski definition) is 1. The fourth-order valence-corrected chi connectivity index (χ4v) is 5.18. The van der Waals surface area contributed by atoms with Gasteiger partial charge in [-0.25, -0.2) is 0 Å². The van der Waals surface area contributed by atoms with Gasteiger partial charge in [-0.15, -0.1) is 0 Å². The standard InChI is InChI=1S/C26H41N3O2/c1-21-7-4-5-8-25(21)28(2)23-15-19-29(20-16-23)18-6-17-27-26(30)14-11-22-9-12-24(31-3)13-10-22/h9-14,21,23,25H,4-8,15-20H2,1-3H3,(H,27,30)/b14-11+/t21-,25-/m1/s1. The van der Waals surface area contributed by atoms with Crippen LogP contribution in [0.5, 0.6) is 5.75 Å². The zero-order valence-electron chi connectivity index (χ0n) is 19.7. The Kier molecular flexibility index (Phi) is 9.41. The van der Waals surface area contributed by atoms with Gasteiger partial charge in [-0.2, -0.15) is 0 Å². The molecular weight excluding hydrogens is 386 g/mol. The predicted molar refractivity (Wildman–Crippen MR) is 128 cm³/mol. The van der Waals surface area contributed by atoms with Crippen molar-refractivity contribution in [3.05, 3.63) is 35.9 Å². The van der Waals surface area contributed by atoms with E-state index in [-0.39, 0.29) is 5.91 Å². The van der Waals surface area contributed by atoms with Crippen LogP contribution in [0.2, 0.25) is 0 Å². The SMILES string of the molecule is COc1ccc(/C=C/C(=O)NCCCN2CCC(N(C)[C@@H]3CCCC[C@H]3C)CC2)cc1. The average Bonchev–Trinajstić information content (AvgIpc) is 2.81. The number of ether oxygens (including phenoxy) is 1. The normalized spacial score (nSPS) is 23.4. The molecule has 1 saturated heterocycles. The van der Waals surface area contributed by atoms with Crippen LogP contribution < -0.4 is 10.1 Å². The maximum atomic E-state index is 12.0. The molecular formula is C26H41N3O2. The summed E-state index contributed by atoms with van der Waals surface area (Å²) in [4.78, 5) is 17.3. The van der Waals surface area contributed by atoms with Gasteiger partial charge >= 0.3 is 0 Å². The molecule has 1 aliphatic carbocycles. The second-order valence-corrected chi connectivity index (χ2v) is 9.32. The average molecular weight is 428 g/mol. The van der Waals surface area contributed by atoms with Crippen molar-refractivity contribution in [2.45, 2.75) is 64.0 Å². The summed E-state index contributed by atoms with van der Waals surface area (Å²) in [6, 6.07) is 9.20. The number of nitrogens with one attached hydrogen (secondary N) is 1. The highest BCUT2D eigenvalue weighted by Gasteiger charge is 2.31. The molecule has 1 heterocycles. The van der Waals surface area contributed by atoms with E-state index in [0.717, 1.165) is 48.8 Å². The molecule has 31 heavy (non-hydrogen) atoms. The van der Waals surface area contributed by atoms with Crippen molar-refractivity contribution >= 4 is 12.0 Å². The molecule has 172 valence electrons. The van der Waals surface area contributed by atoms with Crippen LogP contribution in [0, 0.1) is 5.92 Å². The zero-order valence-corrected chi connectivity index (χ0v) is 19.7. The molecule has 2 aliphatic rings. The Hall–Kier alpha value is -1.85. The molecule has 2 atom stereocenters. The van der Waals surface area contributed by atoms with Crippen molar-refractivity contribution < 1.29 is 9.53 Å². The Bertz CT molecular complexity index is 695. The molecule has 5 nitrogen and oxygen atoms in total. The van der Waals surface area contributed by atoms with E-state index in [4.69, 9.17) is 4.74 Å². The third kappa shape index (κ3) is 7.36. The van der Waals surface area contributed by atoms with E-state index in [9.17, 15) is 4.79 Å². The lowest BCUT2D eigenvalue weighted by atomic mass is 9.84. The molecule has 1 N–H and O–H groups in total. The van der Waals surface area contributed by atoms with Gasteiger partial charge in [0, 0.05) is 24.7 Å². The first-order valence-electron chi connectivity index (χ1n) is 12.1. The molecule has 3 rings (SSSR count). The van der Waals surface area contributed by atoms with Crippen molar-refractivity contribution in [3.63, 3.8) is 0 Å². The van der Waals surface area contributed by atoms with Crippen molar-refractivity contribution in [3.8, 4) is 5.75 Å². The first kappa shape index (κ1) is 23.8. The minimum absolute atomic E-state index is 0.0299. The number of methoxy groups -OCH3 is 1. The summed E-state index contributed by atoms with van der Waals surface area (Å²) in [5.41, 5.74) is 0.992. The van der Waals surface area contributed by atoms with E-state index in [1.807, 2.05) is 30.3 Å². The van der Waals surface area contributed by atoms with Gasteiger partial charge in [-0.1, -0.05) is 31.9 Å². The van der Waals surface area contributed by atoms with E-state index in [1.54, 1.807) is 13.2 Å². The molecule has 0 unspecified atom stereocenters. The molecule has 1 saturated carbocycles. The predicted octanol–water partition coefficient (Wildman–Crippen LogP) is 4.19. The number of amides is 1. The van der Waals surface area contributed by atoms with Crippen LogP contribution in [-0.2, 0) is 4.79 Å². The molecule has 0 radical (unpaired) electrons. The number of likely N-dealkylation sites (tertiary alicyclic amines) is 1. The summed E-state index contributed by atoms with van der Waals surface area (Å²) in [6.07, 6.45) is 12.6. The van der Waals surface area contributed by atoms with Crippen molar-refractivity contribution in [2.24, 2.45) is 5.92 Å². The van der Waals surface area contributed by atoms with E-state index < -0.39 is 0 Å². The molecule has 1 aliphatic heterocycles. The molecule has 1 amide bonds. The highest BCUT2D eigenvalue weighted by Crippen LogP contribution is 2.30.